The highest BCUT2D eigenvalue weighted by Crippen LogP contribution is 2.04. The second-order valence-corrected chi connectivity index (χ2v) is 16.1. The van der Waals surface area contributed by atoms with Gasteiger partial charge in [0, 0.05) is 0 Å². The topological polar surface area (TPSA) is 3.24 Å². The van der Waals surface area contributed by atoms with E-state index < -0.39 is 0 Å². The van der Waals surface area contributed by atoms with Crippen LogP contribution < -0.4 is 0 Å². The van der Waals surface area contributed by atoms with Gasteiger partial charge < -0.3 is 4.57 Å². The highest BCUT2D eigenvalue weighted by atomic mass is 127. The third-order valence-electron chi connectivity index (χ3n) is 1.60. The van der Waals surface area contributed by atoms with Crippen LogP contribution in [0.25, 0.3) is 0 Å². The highest BCUT2D eigenvalue weighted by molar-refractivity contribution is 14.1. The first-order chi connectivity index (χ1) is 3.93. The van der Waals surface area contributed by atoms with Gasteiger partial charge in [0.1, 0.15) is 0 Å². The van der Waals surface area contributed by atoms with Gasteiger partial charge in [-0.15, -0.1) is 21.8 Å². The molecule has 1 nitrogen and oxygen atoms in total. The van der Waals surface area contributed by atoms with Crippen molar-refractivity contribution in [2.45, 2.75) is 12.8 Å². The summed E-state index contributed by atoms with van der Waals surface area (Å²) in [6.45, 7) is 3.31. The number of hydrogen-bond acceptors (Lipinski definition) is 1. The van der Waals surface area contributed by atoms with Gasteiger partial charge in [-0.1, -0.05) is 0 Å². The summed E-state index contributed by atoms with van der Waals surface area (Å²) in [6, 6.07) is 0. The molecule has 8 heavy (non-hydrogen) atoms. The van der Waals surface area contributed by atoms with Gasteiger partial charge in [-0.3, -0.25) is 0 Å². The van der Waals surface area contributed by atoms with Crippen LogP contribution in [-0.4, -0.2) is 33.4 Å². The summed E-state index contributed by atoms with van der Waals surface area (Å²) in [5.41, 5.74) is 0. The van der Waals surface area contributed by atoms with Crippen LogP contribution in [0.5, 0.6) is 0 Å². The number of halogens is 1. The first kappa shape index (κ1) is 7.23. The molecule has 48 valence electrons. The molecule has 0 bridgehead atoms. The quantitative estimate of drug-likeness (QED) is 0.370. The summed E-state index contributed by atoms with van der Waals surface area (Å²) >= 11 is 2.64. The lowest BCUT2D eigenvalue weighted by Crippen LogP contribution is -2.26. The lowest BCUT2D eigenvalue weighted by molar-refractivity contribution is 0.561. The lowest BCUT2D eigenvalue weighted by Gasteiger charge is -2.09. The molecular formula is C4H12INSi2. The van der Waals surface area contributed by atoms with Crippen molar-refractivity contribution in [2.75, 3.05) is 13.1 Å². The third kappa shape index (κ3) is 2.16. The molecule has 4 heteroatoms. The van der Waals surface area contributed by atoms with Gasteiger partial charge in [0.25, 0.3) is 0 Å². The molecule has 0 aliphatic carbocycles. The number of rotatable bonds is 2. The minimum atomic E-state index is 0.357. The standard InChI is InChI=1S/C4H12INSi2/c5-7-8-6-3-1-2-4-6/h1-4,7-8H2. The Morgan fingerprint density at radius 1 is 1.25 bits per heavy atom. The molecule has 0 aromatic heterocycles. The molecule has 0 aromatic rings. The Balaban J connectivity index is 2.06. The Morgan fingerprint density at radius 3 is 2.38 bits per heavy atom. The van der Waals surface area contributed by atoms with Crippen LogP contribution in [0.4, 0.5) is 0 Å². The normalized spacial score (nSPS) is 25.1. The first-order valence-corrected chi connectivity index (χ1v) is 13.0. The van der Waals surface area contributed by atoms with E-state index in [9.17, 15) is 0 Å². The third-order valence-corrected chi connectivity index (χ3v) is 9.78. The van der Waals surface area contributed by atoms with Crippen molar-refractivity contribution in [1.29, 1.82) is 0 Å². The zero-order valence-corrected chi connectivity index (χ0v) is 10.1. The smallest absolute Gasteiger partial charge is 0.0973 e. The van der Waals surface area contributed by atoms with Gasteiger partial charge in [0.05, 0.1) is 15.7 Å². The van der Waals surface area contributed by atoms with Crippen LogP contribution in [-0.2, 0) is 0 Å². The van der Waals surface area contributed by atoms with Gasteiger partial charge in [-0.25, -0.2) is 0 Å². The fraction of sp³-hybridized carbons (Fsp3) is 1.00. The van der Waals surface area contributed by atoms with E-state index in [2.05, 4.69) is 26.4 Å². The van der Waals surface area contributed by atoms with E-state index in [-0.39, 0.29) is 0 Å². The molecule has 1 rings (SSSR count). The number of nitrogens with zero attached hydrogens (tertiary/aromatic N) is 1. The molecule has 0 atom stereocenters. The van der Waals surface area contributed by atoms with Crippen LogP contribution in [0.2, 0.25) is 0 Å². The summed E-state index contributed by atoms with van der Waals surface area (Å²) in [6.07, 6.45) is 2.97. The zero-order chi connectivity index (χ0) is 5.82. The average Bonchev–Trinajstić information content (AvgIpc) is 2.19. The zero-order valence-electron chi connectivity index (χ0n) is 5.07. The Labute approximate surface area is 67.9 Å². The van der Waals surface area contributed by atoms with Crippen molar-refractivity contribution in [3.8, 4) is 0 Å². The van der Waals surface area contributed by atoms with Crippen LogP contribution in [0.1, 0.15) is 12.8 Å². The Hall–Kier alpha value is 1.12. The molecule has 0 aromatic carbocycles. The molecule has 1 fully saturated rings. The van der Waals surface area contributed by atoms with E-state index in [0.29, 0.717) is 15.7 Å². The van der Waals surface area contributed by atoms with E-state index in [4.69, 9.17) is 0 Å². The second-order valence-electron chi connectivity index (χ2n) is 2.24. The predicted molar refractivity (Wildman–Crippen MR) is 51.9 cm³/mol. The molecule has 0 saturated carbocycles. The van der Waals surface area contributed by atoms with Gasteiger partial charge in [-0.05, 0) is 25.9 Å². The molecule has 0 radical (unpaired) electrons. The molecular weight excluding hydrogens is 245 g/mol. The van der Waals surface area contributed by atoms with E-state index in [1.807, 2.05) is 0 Å². The first-order valence-electron chi connectivity index (χ1n) is 3.22. The second kappa shape index (κ2) is 4.02. The van der Waals surface area contributed by atoms with Gasteiger partial charge in [0.15, 0.2) is 0 Å². The summed E-state index contributed by atoms with van der Waals surface area (Å²) in [7, 11) is 0.357. The number of hydrogen-bond donors (Lipinski definition) is 0. The van der Waals surface area contributed by atoms with Gasteiger partial charge in [-0.2, -0.15) is 0 Å². The van der Waals surface area contributed by atoms with Crippen LogP contribution >= 0.6 is 21.8 Å². The highest BCUT2D eigenvalue weighted by Gasteiger charge is 2.09. The maximum absolute atomic E-state index is 2.73. The van der Waals surface area contributed by atoms with Gasteiger partial charge >= 0.3 is 0 Å². The lowest BCUT2D eigenvalue weighted by atomic mass is 10.4. The van der Waals surface area contributed by atoms with Crippen LogP contribution in [0.3, 0.4) is 0 Å². The molecule has 0 spiro atoms. The van der Waals surface area contributed by atoms with Crippen molar-refractivity contribution in [3.63, 3.8) is 0 Å². The van der Waals surface area contributed by atoms with E-state index in [1.54, 1.807) is 0 Å². The summed E-state index contributed by atoms with van der Waals surface area (Å²) in [5.74, 6) is 0. The minimum absolute atomic E-state index is 0.357. The molecule has 1 aliphatic rings. The fourth-order valence-electron chi connectivity index (χ4n) is 1.13. The largest absolute Gasteiger partial charge is 0.331 e. The molecule has 0 amide bonds. The summed E-state index contributed by atoms with van der Waals surface area (Å²) in [5, 5.41) is 0. The van der Waals surface area contributed by atoms with E-state index in [1.165, 1.54) is 25.9 Å². The maximum atomic E-state index is 2.73. The molecule has 0 N–H and O–H groups in total. The SMILES string of the molecule is I[SiH2][SiH2]N1CCCC1. The molecule has 1 saturated heterocycles. The summed E-state index contributed by atoms with van der Waals surface area (Å²) in [4.78, 5) is 0. The Kier molecular flexibility index (Phi) is 3.64. The van der Waals surface area contributed by atoms with Gasteiger partial charge in [0.2, 0.25) is 0 Å². The van der Waals surface area contributed by atoms with E-state index >= 15 is 0 Å². The summed E-state index contributed by atoms with van der Waals surface area (Å²) < 4.78 is 2.73. The average molecular weight is 257 g/mol. The molecule has 1 aliphatic heterocycles. The van der Waals surface area contributed by atoms with Crippen molar-refractivity contribution in [3.05, 3.63) is 0 Å². The molecule has 1 heterocycles. The monoisotopic (exact) mass is 257 g/mol. The predicted octanol–water partition coefficient (Wildman–Crippen LogP) is -0.400. The van der Waals surface area contributed by atoms with Crippen molar-refractivity contribution in [1.82, 2.24) is 4.57 Å². The van der Waals surface area contributed by atoms with Crippen molar-refractivity contribution >= 4 is 37.5 Å². The maximum Gasteiger partial charge on any atom is 0.0973 e. The van der Waals surface area contributed by atoms with Crippen LogP contribution in [0.15, 0.2) is 0 Å². The molecule has 0 unspecified atom stereocenters. The Bertz CT molecular complexity index is 65.1. The minimum Gasteiger partial charge on any atom is -0.331 e. The fourth-order valence-corrected chi connectivity index (χ4v) is 10.5. The Morgan fingerprint density at radius 2 is 1.88 bits per heavy atom. The van der Waals surface area contributed by atoms with Crippen molar-refractivity contribution in [2.24, 2.45) is 0 Å². The van der Waals surface area contributed by atoms with Crippen LogP contribution in [0, 0.1) is 0 Å². The van der Waals surface area contributed by atoms with E-state index in [0.717, 1.165) is 0 Å². The van der Waals surface area contributed by atoms with Crippen molar-refractivity contribution < 1.29 is 0 Å².